The fourth-order valence-corrected chi connectivity index (χ4v) is 1.48. The van der Waals surface area contributed by atoms with Crippen molar-refractivity contribution in [3.8, 4) is 0 Å². The van der Waals surface area contributed by atoms with E-state index in [9.17, 15) is 4.79 Å². The average molecular weight is 172 g/mol. The molecular formula is C8H16N2O2. The van der Waals surface area contributed by atoms with Crippen LogP contribution in [0, 0.1) is 0 Å². The molecule has 4 heteroatoms. The van der Waals surface area contributed by atoms with Crippen LogP contribution in [-0.2, 0) is 9.53 Å². The summed E-state index contributed by atoms with van der Waals surface area (Å²) in [5, 5.41) is 0. The predicted octanol–water partition coefficient (Wildman–Crippen LogP) is -0.417. The molecule has 1 heterocycles. The van der Waals surface area contributed by atoms with Gasteiger partial charge in [0.2, 0.25) is 0 Å². The van der Waals surface area contributed by atoms with Gasteiger partial charge in [-0.05, 0) is 19.4 Å². The zero-order chi connectivity index (χ0) is 8.97. The number of nitrogens with zero attached hydrogens (tertiary/aromatic N) is 1. The Morgan fingerprint density at radius 1 is 1.75 bits per heavy atom. The van der Waals surface area contributed by atoms with E-state index in [0.717, 1.165) is 25.9 Å². The van der Waals surface area contributed by atoms with Crippen LogP contribution < -0.4 is 5.73 Å². The van der Waals surface area contributed by atoms with E-state index in [4.69, 9.17) is 5.73 Å². The molecule has 4 nitrogen and oxygen atoms in total. The molecule has 0 aromatic heterocycles. The number of nitrogens with two attached hydrogens (primary N) is 1. The Balaban J connectivity index is 2.27. The van der Waals surface area contributed by atoms with Crippen LogP contribution in [0.4, 0.5) is 0 Å². The monoisotopic (exact) mass is 172 g/mol. The van der Waals surface area contributed by atoms with Crippen molar-refractivity contribution in [3.05, 3.63) is 0 Å². The molecule has 1 rings (SSSR count). The average Bonchev–Trinajstić information content (AvgIpc) is 2.04. The van der Waals surface area contributed by atoms with Gasteiger partial charge in [0.05, 0.1) is 13.7 Å². The molecule has 0 unspecified atom stereocenters. The van der Waals surface area contributed by atoms with Crippen LogP contribution in [0.15, 0.2) is 0 Å². The van der Waals surface area contributed by atoms with E-state index in [1.165, 1.54) is 7.11 Å². The Morgan fingerprint density at radius 3 is 3.08 bits per heavy atom. The van der Waals surface area contributed by atoms with E-state index >= 15 is 0 Å². The number of methoxy groups -OCH3 is 1. The van der Waals surface area contributed by atoms with Gasteiger partial charge in [-0.3, -0.25) is 9.69 Å². The van der Waals surface area contributed by atoms with Gasteiger partial charge in [-0.25, -0.2) is 0 Å². The molecule has 70 valence electrons. The lowest BCUT2D eigenvalue weighted by atomic mass is 10.1. The molecule has 0 aromatic rings. The minimum Gasteiger partial charge on any atom is -0.468 e. The van der Waals surface area contributed by atoms with Crippen molar-refractivity contribution in [2.45, 2.75) is 18.9 Å². The molecule has 12 heavy (non-hydrogen) atoms. The first-order valence-electron chi connectivity index (χ1n) is 4.27. The summed E-state index contributed by atoms with van der Waals surface area (Å²) < 4.78 is 4.57. The predicted molar refractivity (Wildman–Crippen MR) is 45.7 cm³/mol. The Hall–Kier alpha value is -0.610. The number of rotatable bonds is 2. The summed E-state index contributed by atoms with van der Waals surface area (Å²) in [5.74, 6) is -0.177. The minimum absolute atomic E-state index is 0.177. The standard InChI is InChI=1S/C8H16N2O2/c1-12-8(11)6-10-4-2-3-7(9)5-10/h7H,2-6,9H2,1H3/t7-/m1/s1. The van der Waals surface area contributed by atoms with Gasteiger partial charge in [0.1, 0.15) is 0 Å². The lowest BCUT2D eigenvalue weighted by molar-refractivity contribution is -0.142. The van der Waals surface area contributed by atoms with Crippen LogP contribution in [0.2, 0.25) is 0 Å². The van der Waals surface area contributed by atoms with Gasteiger partial charge in [-0.1, -0.05) is 0 Å². The number of carbonyl (C=O) groups excluding carboxylic acids is 1. The summed E-state index contributed by atoms with van der Waals surface area (Å²) in [6.45, 7) is 2.15. The van der Waals surface area contributed by atoms with Gasteiger partial charge in [0.25, 0.3) is 0 Å². The summed E-state index contributed by atoms with van der Waals surface area (Å²) >= 11 is 0. The van der Waals surface area contributed by atoms with Crippen LogP contribution >= 0.6 is 0 Å². The highest BCUT2D eigenvalue weighted by Gasteiger charge is 2.18. The zero-order valence-corrected chi connectivity index (χ0v) is 7.45. The molecule has 1 aliphatic rings. The maximum atomic E-state index is 10.9. The summed E-state index contributed by atoms with van der Waals surface area (Å²) in [5.41, 5.74) is 5.75. The van der Waals surface area contributed by atoms with Crippen LogP contribution in [0.3, 0.4) is 0 Å². The highest BCUT2D eigenvalue weighted by Crippen LogP contribution is 2.07. The number of carbonyl (C=O) groups is 1. The third-order valence-electron chi connectivity index (χ3n) is 2.12. The maximum absolute atomic E-state index is 10.9. The molecule has 0 spiro atoms. The van der Waals surface area contributed by atoms with Crippen molar-refractivity contribution < 1.29 is 9.53 Å². The lowest BCUT2D eigenvalue weighted by Gasteiger charge is -2.29. The summed E-state index contributed by atoms with van der Waals surface area (Å²) in [7, 11) is 1.41. The molecule has 0 aliphatic carbocycles. The van der Waals surface area contributed by atoms with E-state index in [0.29, 0.717) is 6.54 Å². The number of esters is 1. The van der Waals surface area contributed by atoms with Gasteiger partial charge >= 0.3 is 5.97 Å². The van der Waals surface area contributed by atoms with Gasteiger partial charge < -0.3 is 10.5 Å². The van der Waals surface area contributed by atoms with Gasteiger partial charge in [0.15, 0.2) is 0 Å². The topological polar surface area (TPSA) is 55.6 Å². The molecule has 1 atom stereocenters. The molecule has 0 radical (unpaired) electrons. The second-order valence-electron chi connectivity index (χ2n) is 3.21. The summed E-state index contributed by atoms with van der Waals surface area (Å²) in [4.78, 5) is 12.9. The number of piperidine rings is 1. The van der Waals surface area contributed by atoms with Crippen LogP contribution in [0.25, 0.3) is 0 Å². The van der Waals surface area contributed by atoms with Crippen LogP contribution in [0.1, 0.15) is 12.8 Å². The first-order valence-corrected chi connectivity index (χ1v) is 4.27. The van der Waals surface area contributed by atoms with Gasteiger partial charge in [-0.2, -0.15) is 0 Å². The van der Waals surface area contributed by atoms with E-state index in [1.54, 1.807) is 0 Å². The maximum Gasteiger partial charge on any atom is 0.319 e. The van der Waals surface area contributed by atoms with Crippen molar-refractivity contribution in [1.82, 2.24) is 4.90 Å². The van der Waals surface area contributed by atoms with Crippen molar-refractivity contribution in [3.63, 3.8) is 0 Å². The second-order valence-corrected chi connectivity index (χ2v) is 3.21. The Kier molecular flexibility index (Phi) is 3.49. The first kappa shape index (κ1) is 9.48. The normalized spacial score (nSPS) is 25.3. The molecule has 0 amide bonds. The molecular weight excluding hydrogens is 156 g/mol. The SMILES string of the molecule is COC(=O)CN1CCC[C@@H](N)C1. The molecule has 1 aliphatic heterocycles. The zero-order valence-electron chi connectivity index (χ0n) is 7.45. The van der Waals surface area contributed by atoms with E-state index < -0.39 is 0 Å². The lowest BCUT2D eigenvalue weighted by Crippen LogP contribution is -2.44. The number of likely N-dealkylation sites (tertiary alicyclic amines) is 1. The van der Waals surface area contributed by atoms with E-state index in [-0.39, 0.29) is 12.0 Å². The third-order valence-corrected chi connectivity index (χ3v) is 2.12. The quantitative estimate of drug-likeness (QED) is 0.575. The Morgan fingerprint density at radius 2 is 2.50 bits per heavy atom. The molecule has 1 saturated heterocycles. The van der Waals surface area contributed by atoms with Crippen molar-refractivity contribution in [2.24, 2.45) is 5.73 Å². The third kappa shape index (κ3) is 2.79. The van der Waals surface area contributed by atoms with Gasteiger partial charge in [-0.15, -0.1) is 0 Å². The highest BCUT2D eigenvalue weighted by atomic mass is 16.5. The van der Waals surface area contributed by atoms with Gasteiger partial charge in [0, 0.05) is 12.6 Å². The molecule has 2 N–H and O–H groups in total. The van der Waals surface area contributed by atoms with E-state index in [2.05, 4.69) is 4.74 Å². The highest BCUT2D eigenvalue weighted by molar-refractivity contribution is 5.71. The van der Waals surface area contributed by atoms with Crippen LogP contribution in [0.5, 0.6) is 0 Å². The minimum atomic E-state index is -0.177. The summed E-state index contributed by atoms with van der Waals surface area (Å²) in [6.07, 6.45) is 2.15. The van der Waals surface area contributed by atoms with Crippen LogP contribution in [-0.4, -0.2) is 43.7 Å². The largest absolute Gasteiger partial charge is 0.468 e. The number of ether oxygens (including phenoxy) is 1. The Bertz CT molecular complexity index is 161. The van der Waals surface area contributed by atoms with Crippen molar-refractivity contribution in [2.75, 3.05) is 26.7 Å². The first-order chi connectivity index (χ1) is 5.72. The molecule has 0 bridgehead atoms. The smallest absolute Gasteiger partial charge is 0.319 e. The fraction of sp³-hybridized carbons (Fsp3) is 0.875. The molecule has 0 saturated carbocycles. The number of hydrogen-bond donors (Lipinski definition) is 1. The fourth-order valence-electron chi connectivity index (χ4n) is 1.48. The molecule has 0 aromatic carbocycles. The molecule has 1 fully saturated rings. The summed E-state index contributed by atoms with van der Waals surface area (Å²) in [6, 6.07) is 0.225. The van der Waals surface area contributed by atoms with Crippen molar-refractivity contribution in [1.29, 1.82) is 0 Å². The van der Waals surface area contributed by atoms with E-state index in [1.807, 2.05) is 4.90 Å². The number of hydrogen-bond acceptors (Lipinski definition) is 4. The second kappa shape index (κ2) is 4.42. The van der Waals surface area contributed by atoms with Crippen molar-refractivity contribution >= 4 is 5.97 Å². The Labute approximate surface area is 72.7 Å².